The average molecular weight is 202 g/mol. The maximum atomic E-state index is 4.21. The van der Waals surface area contributed by atoms with Gasteiger partial charge in [0.1, 0.15) is 6.33 Å². The van der Waals surface area contributed by atoms with Crippen LogP contribution in [0.15, 0.2) is 30.7 Å². The predicted octanol–water partition coefficient (Wildman–Crippen LogP) is 2.17. The first-order valence-electron chi connectivity index (χ1n) is 4.77. The van der Waals surface area contributed by atoms with Crippen LogP contribution in [0.3, 0.4) is 0 Å². The molecule has 1 aromatic heterocycles. The molecule has 0 aliphatic rings. The highest BCUT2D eigenvalue weighted by Gasteiger charge is 2.16. The molecule has 0 bridgehead atoms. The first kappa shape index (κ1) is 9.34. The van der Waals surface area contributed by atoms with Gasteiger partial charge in [-0.2, -0.15) is 0 Å². The number of fused-ring (bicyclic) bond motifs is 1. The molecule has 0 spiro atoms. The molecule has 3 heteroatoms. The minimum absolute atomic E-state index is 1.03. The summed E-state index contributed by atoms with van der Waals surface area (Å²) >= 11 is 0. The van der Waals surface area contributed by atoms with E-state index >= 15 is 0 Å². The van der Waals surface area contributed by atoms with Crippen molar-refractivity contribution in [3.8, 4) is 0 Å². The Balaban J connectivity index is 2.63. The van der Waals surface area contributed by atoms with Crippen molar-refractivity contribution in [3.63, 3.8) is 0 Å². The fourth-order valence-electron chi connectivity index (χ4n) is 1.45. The molecule has 14 heavy (non-hydrogen) atoms. The third-order valence-corrected chi connectivity index (χ3v) is 4.41. The van der Waals surface area contributed by atoms with Crippen molar-refractivity contribution in [2.24, 2.45) is 0 Å². The van der Waals surface area contributed by atoms with Gasteiger partial charge in [0.05, 0.1) is 13.6 Å². The van der Waals surface area contributed by atoms with Gasteiger partial charge in [-0.1, -0.05) is 37.0 Å². The fourth-order valence-corrected chi connectivity index (χ4v) is 2.62. The van der Waals surface area contributed by atoms with Crippen molar-refractivity contribution in [2.75, 3.05) is 0 Å². The van der Waals surface area contributed by atoms with Gasteiger partial charge in [0.15, 0.2) is 0 Å². The second-order valence-corrected chi connectivity index (χ2v) is 9.62. The van der Waals surface area contributed by atoms with Crippen LogP contribution in [-0.2, 0) is 0 Å². The number of rotatable bonds is 1. The summed E-state index contributed by atoms with van der Waals surface area (Å²) in [6.45, 7) is 7.04. The van der Waals surface area contributed by atoms with E-state index in [9.17, 15) is 0 Å². The van der Waals surface area contributed by atoms with Crippen LogP contribution in [0.2, 0.25) is 19.6 Å². The Labute approximate surface area is 85.0 Å². The van der Waals surface area contributed by atoms with E-state index in [0.29, 0.717) is 0 Å². The van der Waals surface area contributed by atoms with Crippen LogP contribution in [0, 0.1) is 0 Å². The lowest BCUT2D eigenvalue weighted by Crippen LogP contribution is -2.37. The Hall–Kier alpha value is -1.22. The third-order valence-electron chi connectivity index (χ3n) is 2.37. The maximum absolute atomic E-state index is 4.21. The summed E-state index contributed by atoms with van der Waals surface area (Å²) in [5.74, 6) is 0. The first-order chi connectivity index (χ1) is 6.57. The minimum Gasteiger partial charge on any atom is -0.244 e. The zero-order valence-electron chi connectivity index (χ0n) is 8.78. The van der Waals surface area contributed by atoms with Gasteiger partial charge >= 0.3 is 0 Å². The number of aromatic nitrogens is 2. The van der Waals surface area contributed by atoms with Crippen molar-refractivity contribution < 1.29 is 0 Å². The molecule has 0 amide bonds. The van der Waals surface area contributed by atoms with Gasteiger partial charge in [0, 0.05) is 11.6 Å². The second kappa shape index (κ2) is 3.17. The van der Waals surface area contributed by atoms with Gasteiger partial charge < -0.3 is 0 Å². The van der Waals surface area contributed by atoms with Gasteiger partial charge in [0.25, 0.3) is 0 Å². The highest BCUT2D eigenvalue weighted by atomic mass is 28.3. The van der Waals surface area contributed by atoms with Crippen LogP contribution in [0.25, 0.3) is 10.9 Å². The summed E-state index contributed by atoms with van der Waals surface area (Å²) in [4.78, 5) is 8.25. The third kappa shape index (κ3) is 1.68. The van der Waals surface area contributed by atoms with Gasteiger partial charge in [0.2, 0.25) is 0 Å². The zero-order chi connectivity index (χ0) is 10.2. The van der Waals surface area contributed by atoms with Gasteiger partial charge in [-0.3, -0.25) is 0 Å². The molecule has 2 aromatic rings. The van der Waals surface area contributed by atoms with E-state index in [1.165, 1.54) is 5.19 Å². The summed E-state index contributed by atoms with van der Waals surface area (Å²) in [6, 6.07) is 6.51. The normalized spacial score (nSPS) is 11.9. The molecule has 0 saturated carbocycles. The highest BCUT2D eigenvalue weighted by molar-refractivity contribution is 6.88. The van der Waals surface area contributed by atoms with E-state index in [0.717, 1.165) is 10.9 Å². The largest absolute Gasteiger partial charge is 0.244 e. The van der Waals surface area contributed by atoms with Crippen LogP contribution in [0.4, 0.5) is 0 Å². The summed E-state index contributed by atoms with van der Waals surface area (Å²) in [7, 11) is -1.21. The second-order valence-electron chi connectivity index (χ2n) is 4.55. The highest BCUT2D eigenvalue weighted by Crippen LogP contribution is 2.10. The monoisotopic (exact) mass is 202 g/mol. The smallest absolute Gasteiger partial charge is 0.116 e. The number of hydrogen-bond acceptors (Lipinski definition) is 2. The lowest BCUT2D eigenvalue weighted by molar-refractivity contribution is 1.22. The molecule has 0 N–H and O–H groups in total. The zero-order valence-corrected chi connectivity index (χ0v) is 9.78. The molecule has 0 atom stereocenters. The number of nitrogens with zero attached hydrogens (tertiary/aromatic N) is 2. The quantitative estimate of drug-likeness (QED) is 0.662. The summed E-state index contributed by atoms with van der Waals surface area (Å²) in [5, 5.41) is 2.60. The van der Waals surface area contributed by atoms with Crippen molar-refractivity contribution in [3.05, 3.63) is 30.7 Å². The molecule has 0 saturated heterocycles. The van der Waals surface area contributed by atoms with E-state index in [4.69, 9.17) is 0 Å². The van der Waals surface area contributed by atoms with E-state index in [-0.39, 0.29) is 0 Å². The molecule has 0 unspecified atom stereocenters. The lowest BCUT2D eigenvalue weighted by Gasteiger charge is -2.16. The van der Waals surface area contributed by atoms with Crippen LogP contribution >= 0.6 is 0 Å². The lowest BCUT2D eigenvalue weighted by atomic mass is 10.2. The minimum atomic E-state index is -1.21. The van der Waals surface area contributed by atoms with Crippen molar-refractivity contribution in [1.82, 2.24) is 9.97 Å². The maximum Gasteiger partial charge on any atom is 0.116 e. The van der Waals surface area contributed by atoms with Crippen LogP contribution in [0.5, 0.6) is 0 Å². The molecule has 1 aromatic carbocycles. The van der Waals surface area contributed by atoms with Crippen molar-refractivity contribution >= 4 is 24.2 Å². The molecule has 2 rings (SSSR count). The van der Waals surface area contributed by atoms with E-state index in [2.05, 4.69) is 47.8 Å². The Morgan fingerprint density at radius 3 is 2.64 bits per heavy atom. The van der Waals surface area contributed by atoms with Crippen LogP contribution in [-0.4, -0.2) is 18.0 Å². The standard InChI is InChI=1S/C11H14N2Si/c1-14(2,3)10-4-5-11-9(6-10)7-12-8-13-11/h4-8H,1-3H3. The molecule has 0 aliphatic heterocycles. The molecule has 0 fully saturated rings. The van der Waals surface area contributed by atoms with E-state index in [1.54, 1.807) is 6.33 Å². The molecular formula is C11H14N2Si. The Bertz CT molecular complexity index is 460. The molecule has 0 aliphatic carbocycles. The molecule has 1 heterocycles. The fraction of sp³-hybridized carbons (Fsp3) is 0.273. The van der Waals surface area contributed by atoms with Gasteiger partial charge in [-0.15, -0.1) is 0 Å². The van der Waals surface area contributed by atoms with E-state index in [1.807, 2.05) is 6.20 Å². The van der Waals surface area contributed by atoms with Crippen molar-refractivity contribution in [1.29, 1.82) is 0 Å². The van der Waals surface area contributed by atoms with Crippen LogP contribution < -0.4 is 5.19 Å². The van der Waals surface area contributed by atoms with E-state index < -0.39 is 8.07 Å². The Morgan fingerprint density at radius 1 is 1.14 bits per heavy atom. The van der Waals surface area contributed by atoms with Crippen LogP contribution in [0.1, 0.15) is 0 Å². The molecule has 2 nitrogen and oxygen atoms in total. The molecular weight excluding hydrogens is 188 g/mol. The van der Waals surface area contributed by atoms with Gasteiger partial charge in [-0.25, -0.2) is 9.97 Å². The number of benzene rings is 1. The summed E-state index contributed by atoms with van der Waals surface area (Å²) < 4.78 is 0. The summed E-state index contributed by atoms with van der Waals surface area (Å²) in [5.41, 5.74) is 1.03. The Morgan fingerprint density at radius 2 is 1.93 bits per heavy atom. The predicted molar refractivity (Wildman–Crippen MR) is 62.5 cm³/mol. The topological polar surface area (TPSA) is 25.8 Å². The van der Waals surface area contributed by atoms with Gasteiger partial charge in [-0.05, 0) is 6.07 Å². The Kier molecular flexibility index (Phi) is 2.11. The average Bonchev–Trinajstić information content (AvgIpc) is 2.16. The number of hydrogen-bond donors (Lipinski definition) is 0. The van der Waals surface area contributed by atoms with Crippen molar-refractivity contribution in [2.45, 2.75) is 19.6 Å². The molecule has 72 valence electrons. The molecule has 0 radical (unpaired) electrons. The summed E-state index contributed by atoms with van der Waals surface area (Å²) in [6.07, 6.45) is 3.47. The first-order valence-corrected chi connectivity index (χ1v) is 8.27. The SMILES string of the molecule is C[Si](C)(C)c1ccc2ncncc2c1.